The monoisotopic (exact) mass is 241 g/mol. The Morgan fingerprint density at radius 2 is 1.94 bits per heavy atom. The molecule has 0 fully saturated rings. The number of aryl methyl sites for hydroxylation is 1. The number of aromatic nitrogens is 2. The zero-order chi connectivity index (χ0) is 12.7. The quantitative estimate of drug-likeness (QED) is 0.700. The van der Waals surface area contributed by atoms with Crippen molar-refractivity contribution in [3.63, 3.8) is 0 Å². The van der Waals surface area contributed by atoms with Gasteiger partial charge in [0.2, 0.25) is 0 Å². The van der Waals surface area contributed by atoms with Crippen molar-refractivity contribution >= 4 is 0 Å². The molecule has 98 valence electrons. The Labute approximate surface area is 103 Å². The standard InChI is InChI=1S/C12H23N3O2/c1-5-13-10(11-14-8-9-15(11)4)12(16-6-2)17-7-3/h8-10,12-13H,5-7H2,1-4H3. The Morgan fingerprint density at radius 3 is 2.35 bits per heavy atom. The maximum absolute atomic E-state index is 5.64. The summed E-state index contributed by atoms with van der Waals surface area (Å²) in [6.07, 6.45) is 3.41. The first kappa shape index (κ1) is 14.2. The minimum atomic E-state index is -0.300. The predicted molar refractivity (Wildman–Crippen MR) is 66.7 cm³/mol. The van der Waals surface area contributed by atoms with Crippen LogP contribution in [0.15, 0.2) is 12.4 Å². The fourth-order valence-electron chi connectivity index (χ4n) is 1.78. The van der Waals surface area contributed by atoms with E-state index in [1.54, 1.807) is 6.20 Å². The number of nitrogens with zero attached hydrogens (tertiary/aromatic N) is 2. The minimum Gasteiger partial charge on any atom is -0.351 e. The molecule has 5 heteroatoms. The maximum Gasteiger partial charge on any atom is 0.179 e. The molecule has 0 aromatic carbocycles. The van der Waals surface area contributed by atoms with Crippen molar-refractivity contribution in [2.45, 2.75) is 33.1 Å². The summed E-state index contributed by atoms with van der Waals surface area (Å²) in [7, 11) is 1.97. The Kier molecular flexibility index (Phi) is 6.18. The van der Waals surface area contributed by atoms with Gasteiger partial charge in [-0.1, -0.05) is 6.92 Å². The molecule has 1 N–H and O–H groups in total. The van der Waals surface area contributed by atoms with Crippen LogP contribution in [0.5, 0.6) is 0 Å². The van der Waals surface area contributed by atoms with Gasteiger partial charge in [0.05, 0.1) is 0 Å². The van der Waals surface area contributed by atoms with Crippen LogP contribution in [0.25, 0.3) is 0 Å². The van der Waals surface area contributed by atoms with Crippen LogP contribution in [-0.4, -0.2) is 35.6 Å². The van der Waals surface area contributed by atoms with Crippen LogP contribution < -0.4 is 5.32 Å². The first-order valence-corrected chi connectivity index (χ1v) is 6.18. The molecule has 0 saturated carbocycles. The molecule has 0 bridgehead atoms. The third kappa shape index (κ3) is 3.80. The van der Waals surface area contributed by atoms with Crippen LogP contribution >= 0.6 is 0 Å². The van der Waals surface area contributed by atoms with Gasteiger partial charge in [-0.3, -0.25) is 0 Å². The SMILES string of the molecule is CCNC(c1nccn1C)C(OCC)OCC. The molecule has 1 aromatic heterocycles. The van der Waals surface area contributed by atoms with Gasteiger partial charge in [-0.25, -0.2) is 4.98 Å². The summed E-state index contributed by atoms with van der Waals surface area (Å²) in [4.78, 5) is 4.36. The lowest BCUT2D eigenvalue weighted by atomic mass is 10.2. The summed E-state index contributed by atoms with van der Waals surface area (Å²) in [5.41, 5.74) is 0. The summed E-state index contributed by atoms with van der Waals surface area (Å²) in [5.74, 6) is 0.929. The van der Waals surface area contributed by atoms with Crippen molar-refractivity contribution in [2.75, 3.05) is 19.8 Å². The van der Waals surface area contributed by atoms with Crippen molar-refractivity contribution in [3.8, 4) is 0 Å². The van der Waals surface area contributed by atoms with E-state index in [-0.39, 0.29) is 12.3 Å². The lowest BCUT2D eigenvalue weighted by Gasteiger charge is -2.26. The molecule has 1 rings (SSSR count). The first-order valence-electron chi connectivity index (χ1n) is 6.18. The highest BCUT2D eigenvalue weighted by molar-refractivity contribution is 5.00. The molecule has 5 nitrogen and oxygen atoms in total. The first-order chi connectivity index (χ1) is 8.24. The molecular formula is C12H23N3O2. The molecule has 0 saturated heterocycles. The largest absolute Gasteiger partial charge is 0.351 e. The fourth-order valence-corrected chi connectivity index (χ4v) is 1.78. The van der Waals surface area contributed by atoms with E-state index in [9.17, 15) is 0 Å². The van der Waals surface area contributed by atoms with E-state index in [2.05, 4.69) is 17.2 Å². The highest BCUT2D eigenvalue weighted by Crippen LogP contribution is 2.18. The van der Waals surface area contributed by atoms with Crippen LogP contribution in [0.3, 0.4) is 0 Å². The van der Waals surface area contributed by atoms with Crippen LogP contribution in [0, 0.1) is 0 Å². The zero-order valence-electron chi connectivity index (χ0n) is 11.1. The minimum absolute atomic E-state index is 0.0418. The van der Waals surface area contributed by atoms with Gasteiger partial charge in [0, 0.05) is 32.7 Å². The van der Waals surface area contributed by atoms with E-state index in [0.717, 1.165) is 12.4 Å². The molecule has 0 aliphatic carbocycles. The third-order valence-electron chi connectivity index (χ3n) is 2.49. The number of nitrogens with one attached hydrogen (secondary N) is 1. The van der Waals surface area contributed by atoms with Crippen LogP contribution in [0.4, 0.5) is 0 Å². The number of imidazole rings is 1. The molecule has 0 amide bonds. The van der Waals surface area contributed by atoms with Crippen LogP contribution in [0.1, 0.15) is 32.6 Å². The van der Waals surface area contributed by atoms with Crippen molar-refractivity contribution in [1.82, 2.24) is 14.9 Å². The van der Waals surface area contributed by atoms with Crippen molar-refractivity contribution < 1.29 is 9.47 Å². The Bertz CT molecular complexity index is 308. The van der Waals surface area contributed by atoms with Gasteiger partial charge in [-0.05, 0) is 20.4 Å². The second kappa shape index (κ2) is 7.42. The van der Waals surface area contributed by atoms with Gasteiger partial charge in [-0.15, -0.1) is 0 Å². The smallest absolute Gasteiger partial charge is 0.179 e. The summed E-state index contributed by atoms with van der Waals surface area (Å²) < 4.78 is 13.3. The molecular weight excluding hydrogens is 218 g/mol. The molecule has 0 aliphatic heterocycles. The number of likely N-dealkylation sites (N-methyl/N-ethyl adjacent to an activating group) is 1. The fraction of sp³-hybridized carbons (Fsp3) is 0.750. The topological polar surface area (TPSA) is 48.3 Å². The summed E-state index contributed by atoms with van der Waals surface area (Å²) >= 11 is 0. The van der Waals surface area contributed by atoms with E-state index in [4.69, 9.17) is 9.47 Å². The summed E-state index contributed by atoms with van der Waals surface area (Å²) in [5, 5.41) is 3.36. The van der Waals surface area contributed by atoms with Gasteiger partial charge in [0.25, 0.3) is 0 Å². The van der Waals surface area contributed by atoms with Crippen LogP contribution in [-0.2, 0) is 16.5 Å². The maximum atomic E-state index is 5.64. The summed E-state index contributed by atoms with van der Waals surface area (Å²) in [6.45, 7) is 8.08. The molecule has 1 atom stereocenters. The number of rotatable bonds is 8. The second-order valence-corrected chi connectivity index (χ2v) is 3.71. The highest BCUT2D eigenvalue weighted by atomic mass is 16.7. The molecule has 1 heterocycles. The average Bonchev–Trinajstić information content (AvgIpc) is 2.72. The van der Waals surface area contributed by atoms with Gasteiger partial charge < -0.3 is 19.4 Å². The van der Waals surface area contributed by atoms with Gasteiger partial charge in [0.1, 0.15) is 11.9 Å². The third-order valence-corrected chi connectivity index (χ3v) is 2.49. The van der Waals surface area contributed by atoms with E-state index in [1.165, 1.54) is 0 Å². The lowest BCUT2D eigenvalue weighted by molar-refractivity contribution is -0.156. The van der Waals surface area contributed by atoms with E-state index < -0.39 is 0 Å². The van der Waals surface area contributed by atoms with E-state index in [0.29, 0.717) is 13.2 Å². The molecule has 0 radical (unpaired) electrons. The Balaban J connectivity index is 2.85. The molecule has 0 spiro atoms. The Morgan fingerprint density at radius 1 is 1.29 bits per heavy atom. The highest BCUT2D eigenvalue weighted by Gasteiger charge is 2.26. The Hall–Kier alpha value is -0.910. The second-order valence-electron chi connectivity index (χ2n) is 3.71. The molecule has 1 aromatic rings. The van der Waals surface area contributed by atoms with E-state index >= 15 is 0 Å². The van der Waals surface area contributed by atoms with Gasteiger partial charge >= 0.3 is 0 Å². The molecule has 17 heavy (non-hydrogen) atoms. The van der Waals surface area contributed by atoms with Gasteiger partial charge in [0.15, 0.2) is 6.29 Å². The summed E-state index contributed by atoms with van der Waals surface area (Å²) in [6, 6.07) is -0.0418. The normalized spacial score (nSPS) is 13.2. The average molecular weight is 241 g/mol. The number of ether oxygens (including phenoxy) is 2. The van der Waals surface area contributed by atoms with Crippen molar-refractivity contribution in [2.24, 2.45) is 7.05 Å². The predicted octanol–water partition coefficient (Wildman–Crippen LogP) is 1.47. The van der Waals surface area contributed by atoms with Crippen molar-refractivity contribution in [3.05, 3.63) is 18.2 Å². The van der Waals surface area contributed by atoms with E-state index in [1.807, 2.05) is 31.7 Å². The number of hydrogen-bond acceptors (Lipinski definition) is 4. The number of hydrogen-bond donors (Lipinski definition) is 1. The molecule has 0 aliphatic rings. The van der Waals surface area contributed by atoms with Crippen LogP contribution in [0.2, 0.25) is 0 Å². The van der Waals surface area contributed by atoms with Gasteiger partial charge in [-0.2, -0.15) is 0 Å². The van der Waals surface area contributed by atoms with Crippen molar-refractivity contribution in [1.29, 1.82) is 0 Å². The zero-order valence-corrected chi connectivity index (χ0v) is 11.1. The lowest BCUT2D eigenvalue weighted by Crippen LogP contribution is -2.37. The molecule has 1 unspecified atom stereocenters.